The third-order valence-corrected chi connectivity index (χ3v) is 11.1. The van der Waals surface area contributed by atoms with Gasteiger partial charge in [-0.05, 0) is 119 Å². The van der Waals surface area contributed by atoms with Crippen molar-refractivity contribution in [3.63, 3.8) is 0 Å². The van der Waals surface area contributed by atoms with Crippen LogP contribution in [0.25, 0.3) is 88.5 Å². The Morgan fingerprint density at radius 1 is 0.492 bits per heavy atom. The third kappa shape index (κ3) is 5.98. The summed E-state index contributed by atoms with van der Waals surface area (Å²) in [7, 11) is 0. The van der Waals surface area contributed by atoms with E-state index < -0.39 is 11.7 Å². The number of nitriles is 2. The molecule has 3 heterocycles. The van der Waals surface area contributed by atoms with Gasteiger partial charge in [-0.15, -0.1) is 0 Å². The molecular weight excluding hydrogens is 740 g/mol. The van der Waals surface area contributed by atoms with Gasteiger partial charge in [-0.25, -0.2) is 4.98 Å². The number of hydrogen-bond donors (Lipinski definition) is 0. The van der Waals surface area contributed by atoms with Gasteiger partial charge in [-0.3, -0.25) is 4.57 Å². The van der Waals surface area contributed by atoms with Crippen LogP contribution in [-0.2, 0) is 6.18 Å². The summed E-state index contributed by atoms with van der Waals surface area (Å²) in [6, 6.07) is 53.8. The molecule has 59 heavy (non-hydrogen) atoms. The predicted molar refractivity (Wildman–Crippen MR) is 228 cm³/mol. The van der Waals surface area contributed by atoms with E-state index in [0.717, 1.165) is 65.9 Å². The Balaban J connectivity index is 1.22. The summed E-state index contributed by atoms with van der Waals surface area (Å²) in [6.45, 7) is 1.68. The van der Waals surface area contributed by atoms with E-state index in [0.29, 0.717) is 39.3 Å². The highest BCUT2D eigenvalue weighted by Gasteiger charge is 2.31. The van der Waals surface area contributed by atoms with Gasteiger partial charge in [0.15, 0.2) is 0 Å². The van der Waals surface area contributed by atoms with Gasteiger partial charge in [0.2, 0.25) is 0 Å². The van der Waals surface area contributed by atoms with Crippen molar-refractivity contribution >= 4 is 43.6 Å². The molecule has 0 atom stereocenters. The number of fused-ring (bicyclic) bond motifs is 6. The van der Waals surface area contributed by atoms with Gasteiger partial charge < -0.3 is 4.57 Å². The molecule has 10 rings (SSSR count). The molecule has 0 bridgehead atoms. The summed E-state index contributed by atoms with van der Waals surface area (Å²) in [5, 5.41) is 22.6. The molecule has 0 unspecified atom stereocenters. The van der Waals surface area contributed by atoms with E-state index in [2.05, 4.69) is 45.5 Å². The zero-order chi connectivity index (χ0) is 40.4. The molecule has 7 aromatic carbocycles. The average molecular weight is 770 g/mol. The minimum Gasteiger partial charge on any atom is -0.307 e. The third-order valence-electron chi connectivity index (χ3n) is 11.1. The van der Waals surface area contributed by atoms with Crippen LogP contribution in [-0.4, -0.2) is 14.1 Å². The molecule has 0 spiro atoms. The number of para-hydroxylation sites is 2. The number of rotatable bonds is 5. The summed E-state index contributed by atoms with van der Waals surface area (Å²) in [6.07, 6.45) is -2.78. The van der Waals surface area contributed by atoms with Gasteiger partial charge in [0.25, 0.3) is 0 Å². The van der Waals surface area contributed by atoms with Crippen molar-refractivity contribution in [2.45, 2.75) is 13.1 Å². The molecule has 5 nitrogen and oxygen atoms in total. The number of nitrogens with zero attached hydrogens (tertiary/aromatic N) is 5. The standard InChI is InChI=1S/C51H30F3N5/c1-31-22-38(24-39(23-31)51(52,53)54)42-27-50(59-46-9-5-3-7-41(46)44-26-37(19-21-48(44)59)35-16-12-33(29-56)13-17-35)57-30-49(42)58-45-8-4-2-6-40(45)43-25-36(18-20-47(43)58)34-14-10-32(28-55)11-15-34/h2-27,30H,1H3. The molecule has 0 saturated carbocycles. The van der Waals surface area contributed by atoms with E-state index >= 15 is 0 Å². The highest BCUT2D eigenvalue weighted by molar-refractivity contribution is 6.12. The second kappa shape index (κ2) is 13.6. The number of aryl methyl sites for hydroxylation is 1. The first-order valence-corrected chi connectivity index (χ1v) is 19.0. The highest BCUT2D eigenvalue weighted by atomic mass is 19.4. The molecule has 0 N–H and O–H groups in total. The fourth-order valence-electron chi connectivity index (χ4n) is 8.36. The highest BCUT2D eigenvalue weighted by Crippen LogP contribution is 2.42. The van der Waals surface area contributed by atoms with Crippen LogP contribution in [0.2, 0.25) is 0 Å². The maximum Gasteiger partial charge on any atom is 0.416 e. The molecule has 0 aliphatic rings. The van der Waals surface area contributed by atoms with Crippen LogP contribution in [0.1, 0.15) is 22.3 Å². The number of benzene rings is 7. The first-order valence-electron chi connectivity index (χ1n) is 19.0. The van der Waals surface area contributed by atoms with Gasteiger partial charge in [0.05, 0.1) is 62.8 Å². The summed E-state index contributed by atoms with van der Waals surface area (Å²) in [5.74, 6) is 0.556. The lowest BCUT2D eigenvalue weighted by atomic mass is 9.99. The summed E-state index contributed by atoms with van der Waals surface area (Å²) < 4.78 is 47.6. The minimum atomic E-state index is -4.55. The van der Waals surface area contributed by atoms with Gasteiger partial charge in [0, 0.05) is 27.1 Å². The van der Waals surface area contributed by atoms with Gasteiger partial charge in [-0.1, -0.05) is 78.9 Å². The number of alkyl halides is 3. The van der Waals surface area contributed by atoms with Crippen molar-refractivity contribution < 1.29 is 13.2 Å². The summed E-state index contributed by atoms with van der Waals surface area (Å²) in [4.78, 5) is 5.11. The van der Waals surface area contributed by atoms with Gasteiger partial charge >= 0.3 is 6.18 Å². The SMILES string of the molecule is Cc1cc(-c2cc(-n3c4ccccc4c4cc(-c5ccc(C#N)cc5)ccc43)ncc2-n2c3ccccc3c3cc(-c4ccc(C#N)cc4)ccc32)cc(C(F)(F)F)c1. The predicted octanol–water partition coefficient (Wildman–Crippen LogP) is 13.3. The molecule has 0 aliphatic heterocycles. The molecule has 280 valence electrons. The van der Waals surface area contributed by atoms with Crippen molar-refractivity contribution in [1.29, 1.82) is 10.5 Å². The van der Waals surface area contributed by atoms with Crippen LogP contribution in [0.3, 0.4) is 0 Å². The van der Waals surface area contributed by atoms with Crippen LogP contribution < -0.4 is 0 Å². The molecule has 0 fully saturated rings. The molecule has 0 aliphatic carbocycles. The van der Waals surface area contributed by atoms with E-state index in [1.54, 1.807) is 43.5 Å². The maximum atomic E-state index is 14.5. The lowest BCUT2D eigenvalue weighted by Gasteiger charge is -2.18. The molecule has 0 saturated heterocycles. The monoisotopic (exact) mass is 769 g/mol. The Hall–Kier alpha value is -7.94. The van der Waals surface area contributed by atoms with Crippen LogP contribution >= 0.6 is 0 Å². The Labute approximate surface area is 336 Å². The van der Waals surface area contributed by atoms with E-state index in [1.807, 2.05) is 91.0 Å². The first-order chi connectivity index (χ1) is 28.7. The normalized spacial score (nSPS) is 11.7. The number of pyridine rings is 1. The molecule has 0 radical (unpaired) electrons. The Morgan fingerprint density at radius 3 is 1.53 bits per heavy atom. The van der Waals surface area contributed by atoms with Crippen LogP contribution in [0.15, 0.2) is 164 Å². The average Bonchev–Trinajstić information content (AvgIpc) is 3.78. The lowest BCUT2D eigenvalue weighted by molar-refractivity contribution is -0.137. The van der Waals surface area contributed by atoms with Crippen LogP contribution in [0, 0.1) is 29.6 Å². The molecule has 10 aromatic rings. The fourth-order valence-corrected chi connectivity index (χ4v) is 8.36. The quantitative estimate of drug-likeness (QED) is 0.175. The second-order valence-corrected chi connectivity index (χ2v) is 14.7. The zero-order valence-corrected chi connectivity index (χ0v) is 31.5. The zero-order valence-electron chi connectivity index (χ0n) is 31.5. The Kier molecular flexibility index (Phi) is 8.19. The maximum absolute atomic E-state index is 14.5. The Bertz CT molecular complexity index is 3390. The Morgan fingerprint density at radius 2 is 0.983 bits per heavy atom. The second-order valence-electron chi connectivity index (χ2n) is 14.7. The number of aromatic nitrogens is 3. The summed E-state index contributed by atoms with van der Waals surface area (Å²) in [5.41, 5.74) is 10.0. The number of halogens is 3. The molecule has 3 aromatic heterocycles. The van der Waals surface area contributed by atoms with E-state index in [-0.39, 0.29) is 0 Å². The number of hydrogen-bond acceptors (Lipinski definition) is 3. The van der Waals surface area contributed by atoms with Crippen molar-refractivity contribution in [2.24, 2.45) is 0 Å². The van der Waals surface area contributed by atoms with Crippen molar-refractivity contribution in [2.75, 3.05) is 0 Å². The van der Waals surface area contributed by atoms with Gasteiger partial charge in [-0.2, -0.15) is 23.7 Å². The summed E-state index contributed by atoms with van der Waals surface area (Å²) >= 11 is 0. The van der Waals surface area contributed by atoms with E-state index in [4.69, 9.17) is 4.98 Å². The first kappa shape index (κ1) is 35.5. The molecular formula is C51H30F3N5. The van der Waals surface area contributed by atoms with E-state index in [1.165, 1.54) is 12.1 Å². The molecule has 8 heteroatoms. The van der Waals surface area contributed by atoms with Crippen molar-refractivity contribution in [1.82, 2.24) is 14.1 Å². The van der Waals surface area contributed by atoms with Crippen molar-refractivity contribution in [3.8, 4) is 57.0 Å². The van der Waals surface area contributed by atoms with Crippen LogP contribution in [0.5, 0.6) is 0 Å². The largest absolute Gasteiger partial charge is 0.416 e. The molecule has 0 amide bonds. The van der Waals surface area contributed by atoms with E-state index in [9.17, 15) is 23.7 Å². The smallest absolute Gasteiger partial charge is 0.307 e. The van der Waals surface area contributed by atoms with Gasteiger partial charge in [0.1, 0.15) is 5.82 Å². The van der Waals surface area contributed by atoms with Crippen LogP contribution in [0.4, 0.5) is 13.2 Å². The van der Waals surface area contributed by atoms with Crippen molar-refractivity contribution in [3.05, 3.63) is 186 Å². The fraction of sp³-hybridized carbons (Fsp3) is 0.0392. The lowest BCUT2D eigenvalue weighted by Crippen LogP contribution is -2.07. The minimum absolute atomic E-state index is 0.417. The topological polar surface area (TPSA) is 70.3 Å².